The number of para-hydroxylation sites is 1. The lowest BCUT2D eigenvalue weighted by Gasteiger charge is -2.33. The summed E-state index contributed by atoms with van der Waals surface area (Å²) >= 11 is 1.74. The second kappa shape index (κ2) is 6.33. The fraction of sp³-hybridized carbons (Fsp3) is 0.400. The number of hydrogen-bond donors (Lipinski definition) is 2. The number of ether oxygens (including phenoxy) is 1. The van der Waals surface area contributed by atoms with Gasteiger partial charge in [0.25, 0.3) is 0 Å². The molecule has 2 unspecified atom stereocenters. The molecule has 0 spiro atoms. The lowest BCUT2D eigenvalue weighted by molar-refractivity contribution is 0.260. The summed E-state index contributed by atoms with van der Waals surface area (Å²) in [5.74, 6) is 0.998. The van der Waals surface area contributed by atoms with E-state index in [-0.39, 0.29) is 0 Å². The number of nitrogens with zero attached hydrogens (tertiary/aromatic N) is 1. The normalized spacial score (nSPS) is 21.2. The molecule has 0 saturated heterocycles. The monoisotopic (exact) mass is 289 g/mol. The van der Waals surface area contributed by atoms with Crippen LogP contribution in [0.4, 0.5) is 0 Å². The molecule has 20 heavy (non-hydrogen) atoms. The number of H-pyrrole nitrogens is 1. The van der Waals surface area contributed by atoms with E-state index in [1.165, 1.54) is 5.56 Å². The minimum Gasteiger partial charge on any atom is -0.492 e. The molecule has 1 aliphatic heterocycles. The average Bonchev–Trinajstić information content (AvgIpc) is 2.99. The van der Waals surface area contributed by atoms with Gasteiger partial charge in [0.15, 0.2) is 5.16 Å². The standard InChI is InChI=1S/C15H19N3OS/c1-2-7-16-14-11-5-3-4-6-12(11)19-10-13(14)20-15-17-8-9-18-15/h3-6,8-9,13-14,16H,2,7,10H2,1H3,(H,17,18). The molecule has 4 nitrogen and oxygen atoms in total. The van der Waals surface area contributed by atoms with Gasteiger partial charge in [0, 0.05) is 18.0 Å². The van der Waals surface area contributed by atoms with E-state index in [1.807, 2.05) is 18.3 Å². The molecule has 0 bridgehead atoms. The fourth-order valence-electron chi connectivity index (χ4n) is 2.44. The Bertz CT molecular complexity index is 544. The number of aromatic amines is 1. The van der Waals surface area contributed by atoms with Gasteiger partial charge >= 0.3 is 0 Å². The van der Waals surface area contributed by atoms with Crippen molar-refractivity contribution in [2.45, 2.75) is 29.8 Å². The van der Waals surface area contributed by atoms with Crippen LogP contribution in [0.15, 0.2) is 41.8 Å². The molecule has 0 aliphatic carbocycles. The van der Waals surface area contributed by atoms with E-state index in [4.69, 9.17) is 4.74 Å². The third kappa shape index (κ3) is 2.83. The van der Waals surface area contributed by atoms with Crippen molar-refractivity contribution in [3.63, 3.8) is 0 Å². The first-order chi connectivity index (χ1) is 9.88. The maximum atomic E-state index is 5.89. The van der Waals surface area contributed by atoms with Crippen molar-refractivity contribution in [1.82, 2.24) is 15.3 Å². The Balaban J connectivity index is 1.82. The average molecular weight is 289 g/mol. The molecule has 1 aromatic heterocycles. The van der Waals surface area contributed by atoms with Crippen LogP contribution < -0.4 is 10.1 Å². The molecule has 3 rings (SSSR count). The number of benzene rings is 1. The van der Waals surface area contributed by atoms with Crippen LogP contribution in [0.1, 0.15) is 24.9 Å². The summed E-state index contributed by atoms with van der Waals surface area (Å²) in [5.41, 5.74) is 1.25. The van der Waals surface area contributed by atoms with Crippen LogP contribution in [0.3, 0.4) is 0 Å². The van der Waals surface area contributed by atoms with Gasteiger partial charge in [0.05, 0.1) is 11.3 Å². The second-order valence-corrected chi connectivity index (χ2v) is 6.06. The molecule has 0 radical (unpaired) electrons. The van der Waals surface area contributed by atoms with Gasteiger partial charge in [-0.1, -0.05) is 36.9 Å². The van der Waals surface area contributed by atoms with Gasteiger partial charge in [0.1, 0.15) is 12.4 Å². The highest BCUT2D eigenvalue weighted by atomic mass is 32.2. The largest absolute Gasteiger partial charge is 0.492 e. The number of thioether (sulfide) groups is 1. The highest BCUT2D eigenvalue weighted by molar-refractivity contribution is 7.99. The first-order valence-corrected chi connectivity index (χ1v) is 7.87. The maximum Gasteiger partial charge on any atom is 0.165 e. The number of hydrogen-bond acceptors (Lipinski definition) is 4. The van der Waals surface area contributed by atoms with Crippen molar-refractivity contribution in [3.05, 3.63) is 42.2 Å². The third-order valence-corrected chi connectivity index (χ3v) is 4.54. The molecule has 2 N–H and O–H groups in total. The van der Waals surface area contributed by atoms with Crippen molar-refractivity contribution in [1.29, 1.82) is 0 Å². The van der Waals surface area contributed by atoms with Crippen LogP contribution in [-0.4, -0.2) is 28.4 Å². The van der Waals surface area contributed by atoms with Gasteiger partial charge in [0.2, 0.25) is 0 Å². The number of imidazole rings is 1. The predicted octanol–water partition coefficient (Wildman–Crippen LogP) is 3.00. The van der Waals surface area contributed by atoms with Crippen LogP contribution in [0.5, 0.6) is 5.75 Å². The van der Waals surface area contributed by atoms with Crippen molar-refractivity contribution in [3.8, 4) is 5.75 Å². The molecule has 0 saturated carbocycles. The summed E-state index contributed by atoms with van der Waals surface area (Å²) in [6.45, 7) is 3.89. The Morgan fingerprint density at radius 2 is 2.35 bits per heavy atom. The summed E-state index contributed by atoms with van der Waals surface area (Å²) in [4.78, 5) is 7.46. The lowest BCUT2D eigenvalue weighted by Crippen LogP contribution is -2.38. The molecule has 2 aromatic rings. The summed E-state index contributed by atoms with van der Waals surface area (Å²) in [7, 11) is 0. The van der Waals surface area contributed by atoms with Crippen molar-refractivity contribution >= 4 is 11.8 Å². The minimum atomic E-state index is 0.301. The van der Waals surface area contributed by atoms with E-state index in [0.717, 1.165) is 23.9 Å². The molecule has 2 heterocycles. The van der Waals surface area contributed by atoms with Gasteiger partial charge in [-0.25, -0.2) is 4.98 Å². The number of aromatic nitrogens is 2. The molecule has 0 fully saturated rings. The number of rotatable bonds is 5. The Kier molecular flexibility index (Phi) is 4.28. The van der Waals surface area contributed by atoms with Crippen LogP contribution >= 0.6 is 11.8 Å². The van der Waals surface area contributed by atoms with E-state index in [1.54, 1.807) is 18.0 Å². The maximum absolute atomic E-state index is 5.89. The van der Waals surface area contributed by atoms with Gasteiger partial charge in [-0.05, 0) is 19.0 Å². The molecule has 0 amide bonds. The summed E-state index contributed by atoms with van der Waals surface area (Å²) in [6, 6.07) is 8.59. The van der Waals surface area contributed by atoms with Gasteiger partial charge < -0.3 is 15.0 Å². The highest BCUT2D eigenvalue weighted by Gasteiger charge is 2.31. The number of nitrogens with one attached hydrogen (secondary N) is 2. The van der Waals surface area contributed by atoms with Crippen molar-refractivity contribution < 1.29 is 4.74 Å². The molecular weight excluding hydrogens is 270 g/mol. The molecular formula is C15H19N3OS. The molecule has 106 valence electrons. The highest BCUT2D eigenvalue weighted by Crippen LogP contribution is 2.38. The van der Waals surface area contributed by atoms with E-state index < -0.39 is 0 Å². The zero-order valence-electron chi connectivity index (χ0n) is 11.5. The van der Waals surface area contributed by atoms with Gasteiger partial charge in [-0.3, -0.25) is 0 Å². The zero-order valence-corrected chi connectivity index (χ0v) is 12.3. The van der Waals surface area contributed by atoms with Crippen molar-refractivity contribution in [2.24, 2.45) is 0 Å². The first-order valence-electron chi connectivity index (χ1n) is 6.99. The quantitative estimate of drug-likeness (QED) is 0.888. The zero-order chi connectivity index (χ0) is 13.8. The molecule has 5 heteroatoms. The Hall–Kier alpha value is -1.46. The molecule has 2 atom stereocenters. The molecule has 1 aromatic carbocycles. The first kappa shape index (κ1) is 13.5. The topological polar surface area (TPSA) is 49.9 Å². The summed E-state index contributed by atoms with van der Waals surface area (Å²) in [5, 5.41) is 4.91. The third-order valence-electron chi connectivity index (χ3n) is 3.38. The van der Waals surface area contributed by atoms with Gasteiger partial charge in [-0.2, -0.15) is 0 Å². The van der Waals surface area contributed by atoms with E-state index in [2.05, 4.69) is 34.3 Å². The fourth-order valence-corrected chi connectivity index (χ4v) is 3.50. The molecule has 1 aliphatic rings. The second-order valence-electron chi connectivity index (χ2n) is 4.83. The van der Waals surface area contributed by atoms with Crippen LogP contribution in [0.25, 0.3) is 0 Å². The summed E-state index contributed by atoms with van der Waals surface area (Å²) in [6.07, 6.45) is 4.76. The Labute approximate surface area is 123 Å². The van der Waals surface area contributed by atoms with E-state index >= 15 is 0 Å². The predicted molar refractivity (Wildman–Crippen MR) is 81.2 cm³/mol. The number of fused-ring (bicyclic) bond motifs is 1. The lowest BCUT2D eigenvalue weighted by atomic mass is 10.00. The van der Waals surface area contributed by atoms with Crippen molar-refractivity contribution in [2.75, 3.05) is 13.2 Å². The van der Waals surface area contributed by atoms with Crippen LogP contribution in [-0.2, 0) is 0 Å². The summed E-state index contributed by atoms with van der Waals surface area (Å²) < 4.78 is 5.89. The van der Waals surface area contributed by atoms with E-state index in [0.29, 0.717) is 17.9 Å². The van der Waals surface area contributed by atoms with Crippen LogP contribution in [0.2, 0.25) is 0 Å². The Morgan fingerprint density at radius 3 is 3.15 bits per heavy atom. The minimum absolute atomic E-state index is 0.301. The smallest absolute Gasteiger partial charge is 0.165 e. The van der Waals surface area contributed by atoms with E-state index in [9.17, 15) is 0 Å². The SMILES string of the molecule is CCCNC1c2ccccc2OCC1Sc1ncc[nH]1. The Morgan fingerprint density at radius 1 is 1.45 bits per heavy atom. The van der Waals surface area contributed by atoms with Gasteiger partial charge in [-0.15, -0.1) is 0 Å². The van der Waals surface area contributed by atoms with Crippen LogP contribution in [0, 0.1) is 0 Å².